The van der Waals surface area contributed by atoms with Crippen molar-refractivity contribution in [3.63, 3.8) is 0 Å². The van der Waals surface area contributed by atoms with E-state index in [1.165, 1.54) is 0 Å². The lowest BCUT2D eigenvalue weighted by atomic mass is 10.2. The Morgan fingerprint density at radius 2 is 2.08 bits per heavy atom. The van der Waals surface area contributed by atoms with Gasteiger partial charge in [-0.05, 0) is 12.1 Å². The van der Waals surface area contributed by atoms with Crippen LogP contribution in [0.4, 0.5) is 5.69 Å². The summed E-state index contributed by atoms with van der Waals surface area (Å²) in [5.41, 5.74) is 5.66. The van der Waals surface area contributed by atoms with Gasteiger partial charge < -0.3 is 5.73 Å². The maximum absolute atomic E-state index is 11.6. The highest BCUT2D eigenvalue weighted by molar-refractivity contribution is 5.82. The first-order valence-electron chi connectivity index (χ1n) is 3.91. The fraction of sp³-hybridized carbons (Fsp3) is 0. The van der Waals surface area contributed by atoms with Gasteiger partial charge in [0.15, 0.2) is 0 Å². The van der Waals surface area contributed by atoms with E-state index in [0.29, 0.717) is 5.39 Å². The van der Waals surface area contributed by atoms with Gasteiger partial charge in [-0.15, -0.1) is 0 Å². The zero-order valence-corrected chi connectivity index (χ0v) is 6.90. The molecule has 0 aliphatic carbocycles. The number of fused-ring (bicyclic) bond motifs is 1. The molecule has 0 bridgehead atoms. The molecular formula is C10H8N2O. The molecule has 2 rings (SSSR count). The molecule has 2 aromatic rings. The highest BCUT2D eigenvalue weighted by Gasteiger charge is 1.97. The third-order valence-electron chi connectivity index (χ3n) is 1.91. The fourth-order valence-electron chi connectivity index (χ4n) is 1.23. The fourth-order valence-corrected chi connectivity index (χ4v) is 1.23. The van der Waals surface area contributed by atoms with Crippen molar-refractivity contribution in [1.29, 1.82) is 0 Å². The second-order valence-corrected chi connectivity index (χ2v) is 2.77. The lowest BCUT2D eigenvalue weighted by molar-refractivity contribution is 1.36. The Hall–Kier alpha value is -1.90. The zero-order chi connectivity index (χ0) is 9.26. The number of hydrogen-bond donors (Lipinski definition) is 1. The molecule has 0 atom stereocenters. The molecule has 0 amide bonds. The number of aromatic nitrogens is 1. The molecule has 0 aliphatic rings. The average molecular weight is 172 g/mol. The molecule has 2 N–H and O–H groups in total. The number of nitrogens with two attached hydrogens (primary N) is 1. The van der Waals surface area contributed by atoms with E-state index >= 15 is 0 Å². The van der Waals surface area contributed by atoms with Crippen molar-refractivity contribution >= 4 is 16.5 Å². The van der Waals surface area contributed by atoms with Crippen molar-refractivity contribution in [3.05, 3.63) is 46.9 Å². The SMILES string of the molecule is Nc1cccc2cnccc2c1=O. The quantitative estimate of drug-likeness (QED) is 0.649. The second-order valence-electron chi connectivity index (χ2n) is 2.77. The normalized spacial score (nSPS) is 10.2. The first-order valence-corrected chi connectivity index (χ1v) is 3.91. The van der Waals surface area contributed by atoms with Gasteiger partial charge in [0.05, 0.1) is 5.69 Å². The van der Waals surface area contributed by atoms with Gasteiger partial charge in [-0.1, -0.05) is 12.1 Å². The van der Waals surface area contributed by atoms with Crippen LogP contribution in [0.25, 0.3) is 10.8 Å². The molecule has 64 valence electrons. The third-order valence-corrected chi connectivity index (χ3v) is 1.91. The number of anilines is 1. The molecule has 0 fully saturated rings. The summed E-state index contributed by atoms with van der Waals surface area (Å²) in [5.74, 6) is 0. The zero-order valence-electron chi connectivity index (χ0n) is 6.90. The number of nitrogen functional groups attached to an aromatic ring is 1. The summed E-state index contributed by atoms with van der Waals surface area (Å²) in [5, 5.41) is 1.42. The van der Waals surface area contributed by atoms with Gasteiger partial charge in [-0.3, -0.25) is 9.78 Å². The van der Waals surface area contributed by atoms with Crippen molar-refractivity contribution in [1.82, 2.24) is 4.98 Å². The van der Waals surface area contributed by atoms with Crippen LogP contribution in [0.1, 0.15) is 0 Å². The number of nitrogens with zero attached hydrogens (tertiary/aromatic N) is 1. The monoisotopic (exact) mass is 172 g/mol. The summed E-state index contributed by atoms with van der Waals surface area (Å²) in [4.78, 5) is 15.5. The standard InChI is InChI=1S/C10H8N2O/c11-9-3-1-2-7-6-12-5-4-8(7)10(9)13/h1-6H,(H2,11,13). The Bertz CT molecular complexity index is 508. The van der Waals surface area contributed by atoms with E-state index < -0.39 is 0 Å². The molecule has 0 radical (unpaired) electrons. The summed E-state index contributed by atoms with van der Waals surface area (Å²) < 4.78 is 0. The largest absolute Gasteiger partial charge is 0.396 e. The van der Waals surface area contributed by atoms with Crippen LogP contribution in [0.3, 0.4) is 0 Å². The molecule has 0 aliphatic heterocycles. The molecule has 0 saturated heterocycles. The molecular weight excluding hydrogens is 164 g/mol. The van der Waals surface area contributed by atoms with Crippen molar-refractivity contribution in [3.8, 4) is 0 Å². The van der Waals surface area contributed by atoms with E-state index in [1.54, 1.807) is 30.6 Å². The minimum atomic E-state index is -0.137. The Morgan fingerprint density at radius 1 is 1.23 bits per heavy atom. The number of rotatable bonds is 0. The number of pyridine rings is 1. The molecule has 1 heterocycles. The summed E-state index contributed by atoms with van der Waals surface area (Å²) >= 11 is 0. The lowest BCUT2D eigenvalue weighted by Crippen LogP contribution is -2.04. The van der Waals surface area contributed by atoms with Gasteiger partial charge in [0.1, 0.15) is 0 Å². The highest BCUT2D eigenvalue weighted by Crippen LogP contribution is 2.07. The van der Waals surface area contributed by atoms with Crippen molar-refractivity contribution in [2.24, 2.45) is 0 Å². The van der Waals surface area contributed by atoms with E-state index in [-0.39, 0.29) is 11.1 Å². The van der Waals surface area contributed by atoms with Crippen LogP contribution in [-0.2, 0) is 0 Å². The van der Waals surface area contributed by atoms with E-state index in [0.717, 1.165) is 5.39 Å². The molecule has 0 unspecified atom stereocenters. The first kappa shape index (κ1) is 7.73. The number of hydrogen-bond acceptors (Lipinski definition) is 3. The van der Waals surface area contributed by atoms with Gasteiger partial charge in [0.2, 0.25) is 5.43 Å². The predicted octanol–water partition coefficient (Wildman–Crippen LogP) is 1.18. The summed E-state index contributed by atoms with van der Waals surface area (Å²) in [6.45, 7) is 0. The molecule has 13 heavy (non-hydrogen) atoms. The van der Waals surface area contributed by atoms with Gasteiger partial charge in [0.25, 0.3) is 0 Å². The van der Waals surface area contributed by atoms with Crippen molar-refractivity contribution in [2.45, 2.75) is 0 Å². The highest BCUT2D eigenvalue weighted by atomic mass is 16.1. The Morgan fingerprint density at radius 3 is 2.92 bits per heavy atom. The summed E-state index contributed by atoms with van der Waals surface area (Å²) in [6, 6.07) is 6.84. The molecule has 0 saturated carbocycles. The Labute approximate surface area is 74.8 Å². The van der Waals surface area contributed by atoms with Crippen LogP contribution in [0.15, 0.2) is 41.5 Å². The summed E-state index contributed by atoms with van der Waals surface area (Å²) in [7, 11) is 0. The Balaban J connectivity index is 3.06. The van der Waals surface area contributed by atoms with Crippen molar-refractivity contribution < 1.29 is 0 Å². The maximum atomic E-state index is 11.6. The maximum Gasteiger partial charge on any atom is 0.209 e. The van der Waals surface area contributed by atoms with E-state index in [9.17, 15) is 4.79 Å². The van der Waals surface area contributed by atoms with Gasteiger partial charge in [-0.25, -0.2) is 0 Å². The van der Waals surface area contributed by atoms with Crippen LogP contribution in [0.2, 0.25) is 0 Å². The molecule has 1 aromatic heterocycles. The van der Waals surface area contributed by atoms with Crippen LogP contribution in [0.5, 0.6) is 0 Å². The average Bonchev–Trinajstić information content (AvgIpc) is 2.29. The van der Waals surface area contributed by atoms with E-state index in [2.05, 4.69) is 4.98 Å². The van der Waals surface area contributed by atoms with Crippen molar-refractivity contribution in [2.75, 3.05) is 5.73 Å². The molecule has 3 nitrogen and oxygen atoms in total. The first-order chi connectivity index (χ1) is 6.29. The van der Waals surface area contributed by atoms with Gasteiger partial charge in [0, 0.05) is 23.2 Å². The smallest absolute Gasteiger partial charge is 0.209 e. The van der Waals surface area contributed by atoms with E-state index in [4.69, 9.17) is 5.73 Å². The van der Waals surface area contributed by atoms with E-state index in [1.807, 2.05) is 6.07 Å². The summed E-state index contributed by atoms with van der Waals surface area (Å²) in [6.07, 6.45) is 3.24. The van der Waals surface area contributed by atoms with Gasteiger partial charge in [-0.2, -0.15) is 0 Å². The third kappa shape index (κ3) is 1.24. The second kappa shape index (κ2) is 2.86. The Kier molecular flexibility index (Phi) is 1.70. The van der Waals surface area contributed by atoms with Crippen LogP contribution in [-0.4, -0.2) is 4.98 Å². The topological polar surface area (TPSA) is 56.0 Å². The molecule has 3 heteroatoms. The predicted molar refractivity (Wildman–Crippen MR) is 52.4 cm³/mol. The van der Waals surface area contributed by atoms with Crippen LogP contribution >= 0.6 is 0 Å². The molecule has 0 spiro atoms. The minimum absolute atomic E-state index is 0.137. The lowest BCUT2D eigenvalue weighted by Gasteiger charge is -1.88. The molecule has 1 aromatic carbocycles. The van der Waals surface area contributed by atoms with Crippen LogP contribution < -0.4 is 11.2 Å². The van der Waals surface area contributed by atoms with Crippen LogP contribution in [0, 0.1) is 0 Å². The van der Waals surface area contributed by atoms with Gasteiger partial charge >= 0.3 is 0 Å². The minimum Gasteiger partial charge on any atom is -0.396 e.